The molecule has 3 nitrogen and oxygen atoms in total. The molecule has 17 heavy (non-hydrogen) atoms. The van der Waals surface area contributed by atoms with Crippen molar-refractivity contribution in [3.8, 4) is 0 Å². The third-order valence-electron chi connectivity index (χ3n) is 2.29. The molecule has 86 valence electrons. The topological polar surface area (TPSA) is 49.3 Å². The Kier molecular flexibility index (Phi) is 3.44. The summed E-state index contributed by atoms with van der Waals surface area (Å²) < 4.78 is 0.723. The molecule has 0 aromatic heterocycles. The van der Waals surface area contributed by atoms with Gasteiger partial charge < -0.3 is 10.4 Å². The Hall–Kier alpha value is -1.81. The zero-order chi connectivity index (χ0) is 12.3. The van der Waals surface area contributed by atoms with Crippen LogP contribution in [0.2, 0.25) is 0 Å². The Labute approximate surface area is 107 Å². The first-order valence-electron chi connectivity index (χ1n) is 5.02. The minimum atomic E-state index is -0.954. The predicted octanol–water partition coefficient (Wildman–Crippen LogP) is 3.89. The van der Waals surface area contributed by atoms with Crippen molar-refractivity contribution in [3.05, 3.63) is 58.6 Å². The van der Waals surface area contributed by atoms with Gasteiger partial charge in [-0.05, 0) is 40.2 Å². The minimum absolute atomic E-state index is 0.239. The molecule has 0 aliphatic rings. The van der Waals surface area contributed by atoms with E-state index in [1.54, 1.807) is 18.2 Å². The monoisotopic (exact) mass is 291 g/mol. The molecule has 2 rings (SSSR count). The van der Waals surface area contributed by atoms with Crippen LogP contribution >= 0.6 is 15.9 Å². The van der Waals surface area contributed by atoms with Crippen LogP contribution in [0.25, 0.3) is 0 Å². The molecule has 0 heterocycles. The first kappa shape index (κ1) is 11.7. The van der Waals surface area contributed by atoms with Gasteiger partial charge in [-0.2, -0.15) is 0 Å². The van der Waals surface area contributed by atoms with Gasteiger partial charge in [0.2, 0.25) is 0 Å². The number of carboxylic acid groups (broad SMARTS) is 1. The molecule has 0 fully saturated rings. The maximum Gasteiger partial charge on any atom is 0.337 e. The Balaban J connectivity index is 2.41. The van der Waals surface area contributed by atoms with Crippen molar-refractivity contribution in [1.29, 1.82) is 0 Å². The van der Waals surface area contributed by atoms with Crippen LogP contribution in [0.4, 0.5) is 11.4 Å². The maximum atomic E-state index is 11.1. The van der Waals surface area contributed by atoms with Crippen molar-refractivity contribution in [2.24, 2.45) is 0 Å². The summed E-state index contributed by atoms with van der Waals surface area (Å²) in [5.74, 6) is -0.954. The largest absolute Gasteiger partial charge is 0.478 e. The van der Waals surface area contributed by atoms with Crippen LogP contribution < -0.4 is 5.32 Å². The molecule has 0 spiro atoms. The highest BCUT2D eigenvalue weighted by atomic mass is 79.9. The van der Waals surface area contributed by atoms with Gasteiger partial charge in [-0.15, -0.1) is 0 Å². The molecule has 2 N–H and O–H groups in total. The van der Waals surface area contributed by atoms with Gasteiger partial charge in [0.05, 0.1) is 11.3 Å². The van der Waals surface area contributed by atoms with Gasteiger partial charge >= 0.3 is 5.97 Å². The second kappa shape index (κ2) is 5.01. The first-order chi connectivity index (χ1) is 8.18. The Bertz CT molecular complexity index is 540. The molecular weight excluding hydrogens is 282 g/mol. The van der Waals surface area contributed by atoms with Crippen LogP contribution in [-0.2, 0) is 0 Å². The molecule has 0 unspecified atom stereocenters. The fourth-order valence-corrected chi connectivity index (χ4v) is 1.96. The second-order valence-electron chi connectivity index (χ2n) is 3.46. The molecule has 2 aromatic rings. The van der Waals surface area contributed by atoms with Crippen LogP contribution in [-0.4, -0.2) is 11.1 Å². The van der Waals surface area contributed by atoms with Crippen molar-refractivity contribution in [1.82, 2.24) is 0 Å². The zero-order valence-electron chi connectivity index (χ0n) is 8.85. The molecule has 0 aliphatic carbocycles. The number of para-hydroxylation sites is 2. The number of anilines is 2. The van der Waals surface area contributed by atoms with Gasteiger partial charge in [0, 0.05) is 10.2 Å². The van der Waals surface area contributed by atoms with Crippen LogP contribution in [0, 0.1) is 0 Å². The van der Waals surface area contributed by atoms with E-state index in [1.165, 1.54) is 0 Å². The van der Waals surface area contributed by atoms with Crippen LogP contribution in [0.1, 0.15) is 10.4 Å². The minimum Gasteiger partial charge on any atom is -0.478 e. The van der Waals surface area contributed by atoms with Crippen LogP contribution in [0.15, 0.2) is 53.0 Å². The normalized spacial score (nSPS) is 9.94. The number of carboxylic acids is 1. The molecule has 0 saturated carbocycles. The Morgan fingerprint density at radius 3 is 2.41 bits per heavy atom. The van der Waals surface area contributed by atoms with E-state index >= 15 is 0 Å². The summed E-state index contributed by atoms with van der Waals surface area (Å²) in [5, 5.41) is 12.2. The lowest BCUT2D eigenvalue weighted by molar-refractivity contribution is 0.0698. The third-order valence-corrected chi connectivity index (χ3v) is 2.95. The van der Waals surface area contributed by atoms with Gasteiger partial charge in [-0.3, -0.25) is 0 Å². The lowest BCUT2D eigenvalue weighted by Crippen LogP contribution is -2.03. The van der Waals surface area contributed by atoms with E-state index in [0.29, 0.717) is 5.69 Å². The molecule has 0 bridgehead atoms. The van der Waals surface area contributed by atoms with E-state index in [0.717, 1.165) is 10.2 Å². The summed E-state index contributed by atoms with van der Waals surface area (Å²) in [6.45, 7) is 0. The fraction of sp³-hybridized carbons (Fsp3) is 0. The van der Waals surface area contributed by atoms with Crippen molar-refractivity contribution >= 4 is 33.3 Å². The van der Waals surface area contributed by atoms with Gasteiger partial charge in [0.1, 0.15) is 0 Å². The quantitative estimate of drug-likeness (QED) is 0.902. The van der Waals surface area contributed by atoms with E-state index in [9.17, 15) is 4.79 Å². The number of nitrogens with one attached hydrogen (secondary N) is 1. The number of carbonyl (C=O) groups is 1. The molecule has 2 aromatic carbocycles. The molecule has 4 heteroatoms. The number of aromatic carboxylic acids is 1. The summed E-state index contributed by atoms with van der Waals surface area (Å²) >= 11 is 3.35. The molecule has 0 amide bonds. The summed E-state index contributed by atoms with van der Waals surface area (Å²) in [4.78, 5) is 11.1. The summed E-state index contributed by atoms with van der Waals surface area (Å²) in [5.41, 5.74) is 1.65. The van der Waals surface area contributed by atoms with E-state index < -0.39 is 5.97 Å². The average Bonchev–Trinajstić information content (AvgIpc) is 2.33. The number of hydrogen-bond acceptors (Lipinski definition) is 2. The molecule has 0 aliphatic heterocycles. The SMILES string of the molecule is O=C(O)c1cccc(Br)c1Nc1ccccc1. The van der Waals surface area contributed by atoms with E-state index in [4.69, 9.17) is 5.11 Å². The van der Waals surface area contributed by atoms with E-state index in [-0.39, 0.29) is 5.56 Å². The summed E-state index contributed by atoms with van der Waals surface area (Å²) in [6, 6.07) is 14.5. The smallest absolute Gasteiger partial charge is 0.337 e. The second-order valence-corrected chi connectivity index (χ2v) is 4.31. The number of hydrogen-bond donors (Lipinski definition) is 2. The number of rotatable bonds is 3. The van der Waals surface area contributed by atoms with Gasteiger partial charge in [0.15, 0.2) is 0 Å². The van der Waals surface area contributed by atoms with E-state index in [2.05, 4.69) is 21.2 Å². The van der Waals surface area contributed by atoms with Crippen molar-refractivity contribution in [2.75, 3.05) is 5.32 Å². The zero-order valence-corrected chi connectivity index (χ0v) is 10.4. The van der Waals surface area contributed by atoms with Gasteiger partial charge in [-0.25, -0.2) is 4.79 Å². The molecule has 0 radical (unpaired) electrons. The maximum absolute atomic E-state index is 11.1. The fourth-order valence-electron chi connectivity index (χ4n) is 1.50. The molecule has 0 saturated heterocycles. The van der Waals surface area contributed by atoms with Gasteiger partial charge in [-0.1, -0.05) is 24.3 Å². The predicted molar refractivity (Wildman–Crippen MR) is 70.8 cm³/mol. The van der Waals surface area contributed by atoms with Crippen molar-refractivity contribution < 1.29 is 9.90 Å². The lowest BCUT2D eigenvalue weighted by Gasteiger charge is -2.11. The standard InChI is InChI=1S/C13H10BrNO2/c14-11-8-4-7-10(13(16)17)12(11)15-9-5-2-1-3-6-9/h1-8,15H,(H,16,17). The highest BCUT2D eigenvalue weighted by Crippen LogP contribution is 2.29. The highest BCUT2D eigenvalue weighted by molar-refractivity contribution is 9.10. The average molecular weight is 292 g/mol. The van der Waals surface area contributed by atoms with Gasteiger partial charge in [0.25, 0.3) is 0 Å². The Morgan fingerprint density at radius 1 is 1.06 bits per heavy atom. The number of benzene rings is 2. The molecular formula is C13H10BrNO2. The molecule has 0 atom stereocenters. The lowest BCUT2D eigenvalue weighted by atomic mass is 10.1. The highest BCUT2D eigenvalue weighted by Gasteiger charge is 2.12. The first-order valence-corrected chi connectivity index (χ1v) is 5.81. The number of halogens is 1. The van der Waals surface area contributed by atoms with E-state index in [1.807, 2.05) is 30.3 Å². The van der Waals surface area contributed by atoms with Crippen molar-refractivity contribution in [2.45, 2.75) is 0 Å². The summed E-state index contributed by atoms with van der Waals surface area (Å²) in [7, 11) is 0. The summed E-state index contributed by atoms with van der Waals surface area (Å²) in [6.07, 6.45) is 0. The third kappa shape index (κ3) is 2.65. The van der Waals surface area contributed by atoms with Crippen LogP contribution in [0.5, 0.6) is 0 Å². The van der Waals surface area contributed by atoms with Crippen molar-refractivity contribution in [3.63, 3.8) is 0 Å². The van der Waals surface area contributed by atoms with Crippen LogP contribution in [0.3, 0.4) is 0 Å². The Morgan fingerprint density at radius 2 is 1.76 bits per heavy atom.